The molecular formula is C23H27N9OS. The Hall–Kier alpha value is -3.60. The van der Waals surface area contributed by atoms with E-state index in [1.54, 1.807) is 17.5 Å². The fraction of sp³-hybridized carbons (Fsp3) is 0.391. The van der Waals surface area contributed by atoms with E-state index in [9.17, 15) is 4.79 Å². The molecule has 5 rings (SSSR count). The van der Waals surface area contributed by atoms with Gasteiger partial charge in [0.05, 0.1) is 27.0 Å². The van der Waals surface area contributed by atoms with E-state index in [1.807, 2.05) is 42.2 Å². The van der Waals surface area contributed by atoms with Crippen LogP contribution in [0.2, 0.25) is 0 Å². The predicted molar refractivity (Wildman–Crippen MR) is 132 cm³/mol. The summed E-state index contributed by atoms with van der Waals surface area (Å²) in [5.74, 6) is 1.82. The Balaban J connectivity index is 1.27. The molecule has 3 aromatic heterocycles. The molecule has 176 valence electrons. The number of benzene rings is 1. The number of anilines is 3. The summed E-state index contributed by atoms with van der Waals surface area (Å²) in [7, 11) is 0. The standard InChI is InChI=1S/C23H27N9OS/c1-14(2)27-19-10-21(28-16-4-5-18-20(9-16)34-13-26-18)24-12-17(19)23(33)25-11-15-3-6-22-29-30-31-32(22)8-7-15/h4-5,9-10,12-15H,3,6-8,11H2,1-2H3,(H,25,33)(H2,24,27,28). The van der Waals surface area contributed by atoms with Crippen LogP contribution in [0.4, 0.5) is 17.2 Å². The van der Waals surface area contributed by atoms with Crippen LogP contribution in [0.15, 0.2) is 36.0 Å². The van der Waals surface area contributed by atoms with Gasteiger partial charge in [-0.15, -0.1) is 16.4 Å². The summed E-state index contributed by atoms with van der Waals surface area (Å²) in [6, 6.07) is 8.06. The van der Waals surface area contributed by atoms with E-state index in [4.69, 9.17) is 0 Å². The molecule has 1 aliphatic rings. The first-order chi connectivity index (χ1) is 16.5. The van der Waals surface area contributed by atoms with Crippen LogP contribution in [0.25, 0.3) is 10.2 Å². The average Bonchev–Trinajstić information content (AvgIpc) is 3.43. The molecule has 0 aliphatic carbocycles. The molecule has 34 heavy (non-hydrogen) atoms. The van der Waals surface area contributed by atoms with Crippen LogP contribution >= 0.6 is 11.3 Å². The maximum Gasteiger partial charge on any atom is 0.254 e. The quantitative estimate of drug-likeness (QED) is 0.369. The van der Waals surface area contributed by atoms with E-state index in [0.717, 1.165) is 53.2 Å². The lowest BCUT2D eigenvalue weighted by molar-refractivity contribution is 0.0946. The zero-order valence-corrected chi connectivity index (χ0v) is 20.0. The van der Waals surface area contributed by atoms with Crippen LogP contribution in [-0.4, -0.2) is 48.7 Å². The summed E-state index contributed by atoms with van der Waals surface area (Å²) in [6.07, 6.45) is 4.33. The van der Waals surface area contributed by atoms with Crippen molar-refractivity contribution in [3.63, 3.8) is 0 Å². The van der Waals surface area contributed by atoms with Gasteiger partial charge in [-0.2, -0.15) is 0 Å². The number of hydrogen-bond donors (Lipinski definition) is 3. The number of rotatable bonds is 7. The van der Waals surface area contributed by atoms with E-state index in [2.05, 4.69) is 47.5 Å². The fourth-order valence-electron chi connectivity index (χ4n) is 4.11. The summed E-state index contributed by atoms with van der Waals surface area (Å²) in [5.41, 5.74) is 5.02. The molecule has 1 unspecified atom stereocenters. The minimum absolute atomic E-state index is 0.130. The molecule has 0 bridgehead atoms. The molecule has 0 saturated carbocycles. The Kier molecular flexibility index (Phi) is 6.35. The third-order valence-electron chi connectivity index (χ3n) is 5.88. The molecule has 10 nitrogen and oxygen atoms in total. The second-order valence-corrected chi connectivity index (χ2v) is 9.68. The normalized spacial score (nSPS) is 15.7. The first-order valence-electron chi connectivity index (χ1n) is 11.5. The molecule has 0 radical (unpaired) electrons. The van der Waals surface area contributed by atoms with Gasteiger partial charge < -0.3 is 16.0 Å². The predicted octanol–water partition coefficient (Wildman–Crippen LogP) is 3.62. The first kappa shape index (κ1) is 22.2. The second-order valence-electron chi connectivity index (χ2n) is 8.80. The van der Waals surface area contributed by atoms with Gasteiger partial charge in [0, 0.05) is 43.5 Å². The molecular weight excluding hydrogens is 450 g/mol. The Labute approximate surface area is 201 Å². The molecule has 1 amide bonds. The van der Waals surface area contributed by atoms with Crippen molar-refractivity contribution >= 4 is 44.7 Å². The van der Waals surface area contributed by atoms with E-state index < -0.39 is 0 Å². The lowest BCUT2D eigenvalue weighted by atomic mass is 10.0. The minimum atomic E-state index is -0.130. The van der Waals surface area contributed by atoms with Crippen molar-refractivity contribution in [3.05, 3.63) is 47.4 Å². The molecule has 3 N–H and O–H groups in total. The fourth-order valence-corrected chi connectivity index (χ4v) is 4.83. The second kappa shape index (κ2) is 9.72. The number of carbonyl (C=O) groups is 1. The molecule has 1 aromatic carbocycles. The monoisotopic (exact) mass is 477 g/mol. The minimum Gasteiger partial charge on any atom is -0.382 e. The van der Waals surface area contributed by atoms with Gasteiger partial charge >= 0.3 is 0 Å². The summed E-state index contributed by atoms with van der Waals surface area (Å²) in [5, 5.41) is 21.7. The molecule has 0 spiro atoms. The van der Waals surface area contributed by atoms with Gasteiger partial charge in [0.25, 0.3) is 5.91 Å². The third kappa shape index (κ3) is 4.98. The highest BCUT2D eigenvalue weighted by Crippen LogP contribution is 2.26. The SMILES string of the molecule is CC(C)Nc1cc(Nc2ccc3ncsc3c2)ncc1C(=O)NCC1CCc2nnnn2CC1. The van der Waals surface area contributed by atoms with E-state index in [-0.39, 0.29) is 11.9 Å². The van der Waals surface area contributed by atoms with Crippen LogP contribution < -0.4 is 16.0 Å². The topological polar surface area (TPSA) is 123 Å². The van der Waals surface area contributed by atoms with Gasteiger partial charge in [-0.3, -0.25) is 4.79 Å². The first-order valence-corrected chi connectivity index (χ1v) is 12.3. The number of aryl methyl sites for hydroxylation is 2. The van der Waals surface area contributed by atoms with Crippen LogP contribution in [0.1, 0.15) is 42.9 Å². The van der Waals surface area contributed by atoms with E-state index in [1.165, 1.54) is 0 Å². The molecule has 1 aliphatic heterocycles. The summed E-state index contributed by atoms with van der Waals surface area (Å²) in [6.45, 7) is 5.47. The zero-order chi connectivity index (χ0) is 23.5. The number of pyridine rings is 1. The van der Waals surface area contributed by atoms with Crippen molar-refractivity contribution in [1.82, 2.24) is 35.5 Å². The molecule has 4 heterocycles. The van der Waals surface area contributed by atoms with Crippen molar-refractivity contribution in [2.75, 3.05) is 17.2 Å². The number of fused-ring (bicyclic) bond motifs is 2. The van der Waals surface area contributed by atoms with E-state index >= 15 is 0 Å². The van der Waals surface area contributed by atoms with Gasteiger partial charge in [0.2, 0.25) is 0 Å². The van der Waals surface area contributed by atoms with Crippen molar-refractivity contribution in [2.45, 2.75) is 45.7 Å². The number of carbonyl (C=O) groups excluding carboxylic acids is 1. The van der Waals surface area contributed by atoms with Gasteiger partial charge in [-0.05, 0) is 61.2 Å². The highest BCUT2D eigenvalue weighted by atomic mass is 32.1. The number of nitrogens with one attached hydrogen (secondary N) is 3. The average molecular weight is 478 g/mol. The number of hydrogen-bond acceptors (Lipinski definition) is 9. The number of aromatic nitrogens is 6. The maximum absolute atomic E-state index is 13.1. The van der Waals surface area contributed by atoms with Crippen LogP contribution in [0, 0.1) is 5.92 Å². The van der Waals surface area contributed by atoms with Crippen molar-refractivity contribution < 1.29 is 4.79 Å². The molecule has 11 heteroatoms. The van der Waals surface area contributed by atoms with Crippen molar-refractivity contribution in [1.29, 1.82) is 0 Å². The Morgan fingerprint density at radius 2 is 2.15 bits per heavy atom. The van der Waals surface area contributed by atoms with Crippen LogP contribution in [0.5, 0.6) is 0 Å². The largest absolute Gasteiger partial charge is 0.382 e. The Morgan fingerprint density at radius 3 is 3.03 bits per heavy atom. The summed E-state index contributed by atoms with van der Waals surface area (Å²) >= 11 is 1.60. The number of nitrogens with zero attached hydrogens (tertiary/aromatic N) is 6. The van der Waals surface area contributed by atoms with Gasteiger partial charge in [-0.1, -0.05) is 0 Å². The highest BCUT2D eigenvalue weighted by Gasteiger charge is 2.20. The lowest BCUT2D eigenvalue weighted by Crippen LogP contribution is -2.30. The molecule has 1 atom stereocenters. The number of amides is 1. The Bertz CT molecular complexity index is 1280. The van der Waals surface area contributed by atoms with Crippen molar-refractivity contribution in [3.8, 4) is 0 Å². The van der Waals surface area contributed by atoms with Gasteiger partial charge in [0.1, 0.15) is 5.82 Å². The molecule has 0 saturated heterocycles. The van der Waals surface area contributed by atoms with Gasteiger partial charge in [0.15, 0.2) is 5.82 Å². The summed E-state index contributed by atoms with van der Waals surface area (Å²) < 4.78 is 2.96. The third-order valence-corrected chi connectivity index (χ3v) is 6.67. The van der Waals surface area contributed by atoms with E-state index in [0.29, 0.717) is 23.8 Å². The van der Waals surface area contributed by atoms with Crippen molar-refractivity contribution in [2.24, 2.45) is 5.92 Å². The lowest BCUT2D eigenvalue weighted by Gasteiger charge is -2.18. The Morgan fingerprint density at radius 1 is 1.24 bits per heavy atom. The smallest absolute Gasteiger partial charge is 0.254 e. The van der Waals surface area contributed by atoms with Crippen LogP contribution in [-0.2, 0) is 13.0 Å². The van der Waals surface area contributed by atoms with Gasteiger partial charge in [-0.25, -0.2) is 14.6 Å². The molecule has 0 fully saturated rings. The number of thiazole rings is 1. The molecule has 4 aromatic rings. The summed E-state index contributed by atoms with van der Waals surface area (Å²) in [4.78, 5) is 21.9. The number of tetrazole rings is 1. The zero-order valence-electron chi connectivity index (χ0n) is 19.2. The maximum atomic E-state index is 13.1. The van der Waals surface area contributed by atoms with Crippen LogP contribution in [0.3, 0.4) is 0 Å². The highest BCUT2D eigenvalue weighted by molar-refractivity contribution is 7.16.